The van der Waals surface area contributed by atoms with Crippen LogP contribution in [0.1, 0.15) is 31.7 Å². The van der Waals surface area contributed by atoms with Crippen molar-refractivity contribution in [2.75, 3.05) is 20.3 Å². The van der Waals surface area contributed by atoms with E-state index in [0.29, 0.717) is 23.9 Å². The summed E-state index contributed by atoms with van der Waals surface area (Å²) in [5.41, 5.74) is 7.13. The minimum Gasteiger partial charge on any atom is -0.495 e. The molecule has 0 amide bonds. The molecular formula is C14H20ClNO2. The van der Waals surface area contributed by atoms with Crippen LogP contribution in [0.4, 0.5) is 0 Å². The van der Waals surface area contributed by atoms with Gasteiger partial charge in [-0.05, 0) is 25.8 Å². The first-order valence-electron chi connectivity index (χ1n) is 6.37. The lowest BCUT2D eigenvalue weighted by Gasteiger charge is -2.42. The topological polar surface area (TPSA) is 44.5 Å². The molecule has 4 heteroatoms. The first kappa shape index (κ1) is 13.5. The largest absolute Gasteiger partial charge is 0.495 e. The molecule has 18 heavy (non-hydrogen) atoms. The predicted octanol–water partition coefficient (Wildman–Crippen LogP) is 3.13. The van der Waals surface area contributed by atoms with Gasteiger partial charge in [0.25, 0.3) is 0 Å². The third-order valence-electron chi connectivity index (χ3n) is 3.83. The van der Waals surface area contributed by atoms with Crippen molar-refractivity contribution in [3.63, 3.8) is 0 Å². The van der Waals surface area contributed by atoms with Crippen molar-refractivity contribution in [2.45, 2.75) is 31.6 Å². The molecule has 1 aromatic rings. The molecule has 0 unspecified atom stereocenters. The standard InChI is InChI=1S/C14H20ClNO2/c1-3-18-12-8-13(17-2)11(15)7-10(12)14(9-16)5-4-6-14/h7-8H,3-6,9,16H2,1-2H3. The fourth-order valence-corrected chi connectivity index (χ4v) is 2.81. The quantitative estimate of drug-likeness (QED) is 0.893. The van der Waals surface area contributed by atoms with Crippen LogP contribution in [-0.2, 0) is 5.41 Å². The van der Waals surface area contributed by atoms with Crippen molar-refractivity contribution < 1.29 is 9.47 Å². The molecule has 0 atom stereocenters. The van der Waals surface area contributed by atoms with Gasteiger partial charge in [0.2, 0.25) is 0 Å². The zero-order valence-corrected chi connectivity index (χ0v) is 11.7. The van der Waals surface area contributed by atoms with Gasteiger partial charge in [-0.25, -0.2) is 0 Å². The van der Waals surface area contributed by atoms with E-state index in [-0.39, 0.29) is 5.41 Å². The minimum atomic E-state index is 0.0421. The lowest BCUT2D eigenvalue weighted by molar-refractivity contribution is 0.237. The van der Waals surface area contributed by atoms with Gasteiger partial charge in [0, 0.05) is 23.6 Å². The second-order valence-corrected chi connectivity index (χ2v) is 5.16. The Morgan fingerprint density at radius 1 is 1.33 bits per heavy atom. The molecule has 100 valence electrons. The van der Waals surface area contributed by atoms with E-state index in [2.05, 4.69) is 0 Å². The third-order valence-corrected chi connectivity index (χ3v) is 4.12. The van der Waals surface area contributed by atoms with Crippen LogP contribution in [0.2, 0.25) is 5.02 Å². The summed E-state index contributed by atoms with van der Waals surface area (Å²) in [5.74, 6) is 1.50. The van der Waals surface area contributed by atoms with E-state index in [1.807, 2.05) is 19.1 Å². The van der Waals surface area contributed by atoms with Gasteiger partial charge in [0.05, 0.1) is 18.7 Å². The maximum atomic E-state index is 6.22. The van der Waals surface area contributed by atoms with Gasteiger partial charge < -0.3 is 15.2 Å². The highest BCUT2D eigenvalue weighted by atomic mass is 35.5. The monoisotopic (exact) mass is 269 g/mol. The summed E-state index contributed by atoms with van der Waals surface area (Å²) in [6.07, 6.45) is 3.42. The minimum absolute atomic E-state index is 0.0421. The Labute approximate surface area is 113 Å². The van der Waals surface area contributed by atoms with Gasteiger partial charge in [0.1, 0.15) is 11.5 Å². The normalized spacial score (nSPS) is 17.1. The maximum Gasteiger partial charge on any atom is 0.141 e. The van der Waals surface area contributed by atoms with Gasteiger partial charge in [-0.3, -0.25) is 0 Å². The number of halogens is 1. The maximum absolute atomic E-state index is 6.22. The van der Waals surface area contributed by atoms with Crippen LogP contribution >= 0.6 is 11.6 Å². The van der Waals surface area contributed by atoms with Gasteiger partial charge in [0.15, 0.2) is 0 Å². The molecule has 3 nitrogen and oxygen atoms in total. The molecular weight excluding hydrogens is 250 g/mol. The molecule has 0 radical (unpaired) electrons. The molecule has 0 aromatic heterocycles. The summed E-state index contributed by atoms with van der Waals surface area (Å²) in [5, 5.41) is 0.621. The first-order chi connectivity index (χ1) is 8.66. The van der Waals surface area contributed by atoms with E-state index < -0.39 is 0 Å². The molecule has 0 spiro atoms. The SMILES string of the molecule is CCOc1cc(OC)c(Cl)cc1C1(CN)CCC1. The molecule has 1 aliphatic rings. The molecule has 2 N–H and O–H groups in total. The fraction of sp³-hybridized carbons (Fsp3) is 0.571. The summed E-state index contributed by atoms with van der Waals surface area (Å²) in [7, 11) is 1.61. The number of hydrogen-bond acceptors (Lipinski definition) is 3. The van der Waals surface area contributed by atoms with Gasteiger partial charge in [-0.15, -0.1) is 0 Å². The second kappa shape index (κ2) is 5.37. The van der Waals surface area contributed by atoms with E-state index in [9.17, 15) is 0 Å². The van der Waals surface area contributed by atoms with E-state index in [0.717, 1.165) is 24.2 Å². The Balaban J connectivity index is 2.47. The predicted molar refractivity (Wildman–Crippen MR) is 73.8 cm³/mol. The van der Waals surface area contributed by atoms with Crippen molar-refractivity contribution in [2.24, 2.45) is 5.73 Å². The second-order valence-electron chi connectivity index (χ2n) is 4.75. The van der Waals surface area contributed by atoms with Gasteiger partial charge in [-0.2, -0.15) is 0 Å². The summed E-state index contributed by atoms with van der Waals surface area (Å²) < 4.78 is 11.0. The van der Waals surface area contributed by atoms with Crippen LogP contribution in [0.15, 0.2) is 12.1 Å². The van der Waals surface area contributed by atoms with Crippen LogP contribution in [0, 0.1) is 0 Å². The summed E-state index contributed by atoms with van der Waals surface area (Å²) in [6, 6.07) is 3.83. The Kier molecular flexibility index (Phi) is 4.03. The Hall–Kier alpha value is -0.930. The Bertz CT molecular complexity index is 425. The van der Waals surface area contributed by atoms with E-state index in [4.69, 9.17) is 26.8 Å². The average molecular weight is 270 g/mol. The number of hydrogen-bond donors (Lipinski definition) is 1. The molecule has 0 saturated heterocycles. The average Bonchev–Trinajstić information content (AvgIpc) is 2.31. The van der Waals surface area contributed by atoms with Crippen LogP contribution < -0.4 is 15.2 Å². The van der Waals surface area contributed by atoms with Gasteiger partial charge >= 0.3 is 0 Å². The molecule has 0 aliphatic heterocycles. The zero-order valence-electron chi connectivity index (χ0n) is 11.0. The molecule has 1 aliphatic carbocycles. The lowest BCUT2D eigenvalue weighted by Crippen LogP contribution is -2.41. The highest BCUT2D eigenvalue weighted by molar-refractivity contribution is 6.32. The van der Waals surface area contributed by atoms with Crippen LogP contribution in [0.3, 0.4) is 0 Å². The molecule has 1 saturated carbocycles. The zero-order chi connectivity index (χ0) is 13.2. The number of benzene rings is 1. The lowest BCUT2D eigenvalue weighted by atomic mass is 9.64. The fourth-order valence-electron chi connectivity index (χ4n) is 2.57. The molecule has 2 rings (SSSR count). The molecule has 1 fully saturated rings. The highest BCUT2D eigenvalue weighted by Gasteiger charge is 2.40. The van der Waals surface area contributed by atoms with Crippen molar-refractivity contribution in [3.8, 4) is 11.5 Å². The molecule has 0 bridgehead atoms. The summed E-state index contributed by atoms with van der Waals surface area (Å²) >= 11 is 6.22. The van der Waals surface area contributed by atoms with E-state index >= 15 is 0 Å². The van der Waals surface area contributed by atoms with Gasteiger partial charge in [-0.1, -0.05) is 18.0 Å². The Morgan fingerprint density at radius 2 is 2.06 bits per heavy atom. The summed E-state index contributed by atoms with van der Waals surface area (Å²) in [4.78, 5) is 0. The van der Waals surface area contributed by atoms with Crippen molar-refractivity contribution in [1.82, 2.24) is 0 Å². The van der Waals surface area contributed by atoms with Crippen LogP contribution in [0.5, 0.6) is 11.5 Å². The number of rotatable bonds is 5. The molecule has 1 aromatic carbocycles. The van der Waals surface area contributed by atoms with E-state index in [1.54, 1.807) is 7.11 Å². The van der Waals surface area contributed by atoms with Crippen LogP contribution in [0.25, 0.3) is 0 Å². The number of ether oxygens (including phenoxy) is 2. The number of nitrogens with two attached hydrogens (primary N) is 1. The van der Waals surface area contributed by atoms with Crippen LogP contribution in [-0.4, -0.2) is 20.3 Å². The summed E-state index contributed by atoms with van der Waals surface area (Å²) in [6.45, 7) is 3.23. The third kappa shape index (κ3) is 2.17. The first-order valence-corrected chi connectivity index (χ1v) is 6.75. The number of methoxy groups -OCH3 is 1. The van der Waals surface area contributed by atoms with Crippen molar-refractivity contribution >= 4 is 11.6 Å². The smallest absolute Gasteiger partial charge is 0.141 e. The molecule has 0 heterocycles. The van der Waals surface area contributed by atoms with E-state index in [1.165, 1.54) is 6.42 Å². The highest BCUT2D eigenvalue weighted by Crippen LogP contribution is 2.48. The van der Waals surface area contributed by atoms with Crippen molar-refractivity contribution in [3.05, 3.63) is 22.7 Å². The Morgan fingerprint density at radius 3 is 2.50 bits per heavy atom. The van der Waals surface area contributed by atoms with Crippen molar-refractivity contribution in [1.29, 1.82) is 0 Å².